The summed E-state index contributed by atoms with van der Waals surface area (Å²) in [5.41, 5.74) is 44.1. The van der Waals surface area contributed by atoms with Gasteiger partial charge >= 0.3 is 5.97 Å². The van der Waals surface area contributed by atoms with E-state index in [0.29, 0.717) is 25.0 Å². The average Bonchev–Trinajstić information content (AvgIpc) is 1.79. The lowest BCUT2D eigenvalue weighted by Gasteiger charge is -2.31. The monoisotopic (exact) mass is 1390 g/mol. The van der Waals surface area contributed by atoms with Crippen LogP contribution in [-0.4, -0.2) is 233 Å². The van der Waals surface area contributed by atoms with Crippen LogP contribution < -0.4 is 99.0 Å². The van der Waals surface area contributed by atoms with Gasteiger partial charge in [-0.05, 0) is 107 Å². The van der Waals surface area contributed by atoms with Crippen molar-refractivity contribution in [2.45, 2.75) is 184 Å². The normalized spacial score (nSPS) is 15.8. The number of primary amides is 2. The first-order chi connectivity index (χ1) is 44.7. The summed E-state index contributed by atoms with van der Waals surface area (Å²) < 4.78 is 0. The molecular formula is C56H101N21O16S2. The molecule has 0 unspecified atom stereocenters. The molecule has 0 spiro atoms. The number of aliphatic hydroxyl groups is 1. The van der Waals surface area contributed by atoms with Gasteiger partial charge in [0, 0.05) is 31.8 Å². The molecule has 37 nitrogen and oxygen atoms in total. The van der Waals surface area contributed by atoms with Crippen LogP contribution in [0.2, 0.25) is 0 Å². The fourth-order valence-electron chi connectivity index (χ4n) is 9.45. The third-order valence-electron chi connectivity index (χ3n) is 14.5. The summed E-state index contributed by atoms with van der Waals surface area (Å²) in [5.74, 6) is -14.9. The molecule has 1 rings (SSSR count). The number of nitrogens with zero attached hydrogens (tertiary/aromatic N) is 3. The standard InChI is InChI=1S/C56H101N21O16S2/c1-28(2)23-35(72-47(85)33(15-16-40(59)79)69-51(89)39-14-10-21-77(39)53(91)37(26-78)74-45(83)31(11-6-7-18-57)68-42(81)25-67-44(82)30(58)17-22-95-5)49(87)76-43(29(3)4)52(90)70-32(12-8-19-65-55(61)62)46(84)73-36(24-41(60)80)48(86)75-38(27-94)50(88)71-34(54(92)93)13-9-20-66-56(63)64/h28-39,43,78,94H,6-27,57-58H2,1-5H3,(H2,59,79)(H2,60,80)(H,67,82)(H,68,81)(H,69,89)(H,70,90)(H,71,88)(H,72,85)(H,73,84)(H,74,83)(H,75,86)(H,76,87)(H,92,93)(H4,61,62,65)(H4,63,64,66)/t30-,31-,32-,33-,34-,35-,36-,37-,38-,39-,43-/m0/s1. The van der Waals surface area contributed by atoms with Crippen molar-refractivity contribution in [3.05, 3.63) is 0 Å². The lowest BCUT2D eigenvalue weighted by atomic mass is 9.98. The summed E-state index contributed by atoms with van der Waals surface area (Å²) in [6.45, 7) is 5.24. The van der Waals surface area contributed by atoms with Crippen molar-refractivity contribution < 1.29 is 77.3 Å². The van der Waals surface area contributed by atoms with E-state index in [1.54, 1.807) is 27.7 Å². The zero-order valence-corrected chi connectivity index (χ0v) is 56.2. The van der Waals surface area contributed by atoms with E-state index < -0.39 is 193 Å². The maximum Gasteiger partial charge on any atom is 0.326 e. The SMILES string of the molecule is CSCC[C@H](N)C(=O)NCC(=O)N[C@@H](CCCCN)C(=O)N[C@@H](CO)C(=O)N1CCC[C@H]1C(=O)N[C@@H](CCC(N)=O)C(=O)N[C@@H](CC(C)C)C(=O)N[C@H](C(=O)N[C@@H](CCCN=C(N)N)C(=O)N[C@@H](CC(N)=O)C(=O)N[C@@H](CS)C(=O)N[C@@H](CCCN=C(N)N)C(=O)O)C(C)C. The summed E-state index contributed by atoms with van der Waals surface area (Å²) >= 11 is 5.60. The van der Waals surface area contributed by atoms with Gasteiger partial charge in [-0.3, -0.25) is 72.3 Å². The van der Waals surface area contributed by atoms with E-state index in [1.807, 2.05) is 6.26 Å². The quantitative estimate of drug-likeness (QED) is 0.0116. The Balaban J connectivity index is 3.47. The number of aliphatic carboxylic acids is 1. The van der Waals surface area contributed by atoms with Gasteiger partial charge in [-0.1, -0.05) is 27.7 Å². The number of carbonyl (C=O) groups excluding carboxylic acids is 13. The number of aliphatic imine (C=N–C) groups is 2. The van der Waals surface area contributed by atoms with Crippen molar-refractivity contribution >= 4 is 119 Å². The molecule has 538 valence electrons. The highest BCUT2D eigenvalue weighted by atomic mass is 32.2. The molecule has 1 aliphatic heterocycles. The van der Waals surface area contributed by atoms with E-state index in [-0.39, 0.29) is 95.4 Å². The van der Waals surface area contributed by atoms with E-state index in [2.05, 4.69) is 75.8 Å². The largest absolute Gasteiger partial charge is 0.480 e. The molecule has 0 bridgehead atoms. The zero-order valence-electron chi connectivity index (χ0n) is 54.5. The number of likely N-dealkylation sites (tertiary alicyclic amines) is 1. The number of carboxylic acids is 1. The van der Waals surface area contributed by atoms with Gasteiger partial charge in [0.15, 0.2) is 11.9 Å². The first kappa shape index (κ1) is 84.7. The number of guanidine groups is 2. The predicted molar refractivity (Wildman–Crippen MR) is 354 cm³/mol. The molecule has 1 fully saturated rings. The Hall–Kier alpha value is -8.30. The van der Waals surface area contributed by atoms with Crippen molar-refractivity contribution in [3.63, 3.8) is 0 Å². The van der Waals surface area contributed by atoms with Crippen LogP contribution >= 0.6 is 24.4 Å². The maximum atomic E-state index is 14.4. The number of nitrogens with two attached hydrogens (primary N) is 8. The number of amides is 13. The Labute approximate surface area is 561 Å². The predicted octanol–water partition coefficient (Wildman–Crippen LogP) is -8.38. The summed E-state index contributed by atoms with van der Waals surface area (Å²) in [6.07, 6.45) is 1.39. The lowest BCUT2D eigenvalue weighted by Crippen LogP contribution is -2.61. The van der Waals surface area contributed by atoms with Gasteiger partial charge in [0.2, 0.25) is 76.8 Å². The molecule has 1 saturated heterocycles. The zero-order chi connectivity index (χ0) is 72.1. The fraction of sp³-hybridized carbons (Fsp3) is 0.714. The molecule has 0 aromatic heterocycles. The second kappa shape index (κ2) is 45.1. The van der Waals surface area contributed by atoms with Gasteiger partial charge in [0.25, 0.3) is 0 Å². The summed E-state index contributed by atoms with van der Waals surface area (Å²) in [5, 5.41) is 44.8. The van der Waals surface area contributed by atoms with Crippen molar-refractivity contribution in [3.8, 4) is 0 Å². The number of hydrogen-bond donors (Lipinski definition) is 21. The van der Waals surface area contributed by atoms with Crippen molar-refractivity contribution in [2.75, 3.05) is 57.1 Å². The number of thioether (sulfide) groups is 1. The Morgan fingerprint density at radius 3 is 1.59 bits per heavy atom. The molecule has 95 heavy (non-hydrogen) atoms. The number of carbonyl (C=O) groups is 14. The number of aliphatic hydroxyl groups excluding tert-OH is 1. The number of rotatable bonds is 47. The molecule has 28 N–H and O–H groups in total. The van der Waals surface area contributed by atoms with Gasteiger partial charge in [0.05, 0.1) is 25.6 Å². The summed E-state index contributed by atoms with van der Waals surface area (Å²) in [4.78, 5) is 197. The minimum absolute atomic E-state index is 0.0198. The molecule has 13 amide bonds. The van der Waals surface area contributed by atoms with Crippen LogP contribution in [-0.2, 0) is 67.1 Å². The fourth-order valence-corrected chi connectivity index (χ4v) is 10.2. The van der Waals surface area contributed by atoms with Crippen LogP contribution in [0.25, 0.3) is 0 Å². The molecule has 0 saturated carbocycles. The Kier molecular flexibility index (Phi) is 40.3. The second-order valence-electron chi connectivity index (χ2n) is 23.3. The molecule has 11 atom stereocenters. The summed E-state index contributed by atoms with van der Waals surface area (Å²) in [7, 11) is 0. The van der Waals surface area contributed by atoms with Crippen LogP contribution in [0.3, 0.4) is 0 Å². The van der Waals surface area contributed by atoms with E-state index in [9.17, 15) is 77.3 Å². The minimum Gasteiger partial charge on any atom is -0.480 e. The van der Waals surface area contributed by atoms with Crippen LogP contribution in [0, 0.1) is 11.8 Å². The third-order valence-corrected chi connectivity index (χ3v) is 15.5. The number of hydrogen-bond acceptors (Lipinski definition) is 21. The number of thiol groups is 1. The highest BCUT2D eigenvalue weighted by Crippen LogP contribution is 2.20. The first-order valence-corrected chi connectivity index (χ1v) is 33.1. The van der Waals surface area contributed by atoms with Crippen LogP contribution in [0.15, 0.2) is 9.98 Å². The van der Waals surface area contributed by atoms with Gasteiger partial charge in [-0.25, -0.2) is 4.79 Å². The van der Waals surface area contributed by atoms with Crippen molar-refractivity contribution in [2.24, 2.45) is 67.7 Å². The molecule has 1 aliphatic rings. The molecule has 1 heterocycles. The third kappa shape index (κ3) is 33.1. The number of unbranched alkanes of at least 4 members (excludes halogenated alkanes) is 1. The smallest absolute Gasteiger partial charge is 0.326 e. The number of carboxylic acid groups (broad SMARTS) is 1. The van der Waals surface area contributed by atoms with Gasteiger partial charge < -0.3 is 114 Å². The second-order valence-corrected chi connectivity index (χ2v) is 24.6. The molecule has 0 aliphatic carbocycles. The molecule has 39 heteroatoms. The van der Waals surface area contributed by atoms with Gasteiger partial charge in [-0.2, -0.15) is 24.4 Å². The molecule has 0 aromatic carbocycles. The van der Waals surface area contributed by atoms with Gasteiger partial charge in [0.1, 0.15) is 60.4 Å². The first-order valence-electron chi connectivity index (χ1n) is 31.1. The Morgan fingerprint density at radius 1 is 0.579 bits per heavy atom. The molecule has 0 radical (unpaired) electrons. The Bertz CT molecular complexity index is 2670. The summed E-state index contributed by atoms with van der Waals surface area (Å²) in [6, 6.07) is -15.9. The maximum absolute atomic E-state index is 14.4. The average molecular weight is 1390 g/mol. The highest BCUT2D eigenvalue weighted by molar-refractivity contribution is 7.98. The molecule has 0 aromatic rings. The van der Waals surface area contributed by atoms with Crippen molar-refractivity contribution in [1.29, 1.82) is 0 Å². The van der Waals surface area contributed by atoms with Crippen LogP contribution in [0.4, 0.5) is 0 Å². The van der Waals surface area contributed by atoms with Gasteiger partial charge in [-0.15, -0.1) is 0 Å². The van der Waals surface area contributed by atoms with E-state index in [1.165, 1.54) is 11.8 Å². The highest BCUT2D eigenvalue weighted by Gasteiger charge is 2.41. The van der Waals surface area contributed by atoms with E-state index in [4.69, 9.17) is 45.9 Å². The lowest BCUT2D eigenvalue weighted by molar-refractivity contribution is -0.143. The van der Waals surface area contributed by atoms with E-state index >= 15 is 0 Å². The Morgan fingerprint density at radius 2 is 1.07 bits per heavy atom. The van der Waals surface area contributed by atoms with Crippen LogP contribution in [0.5, 0.6) is 0 Å². The number of nitrogens with one attached hydrogen (secondary N) is 10. The minimum atomic E-state index is -1.80. The molecular weight excluding hydrogens is 1290 g/mol. The van der Waals surface area contributed by atoms with Crippen LogP contribution in [0.1, 0.15) is 118 Å². The van der Waals surface area contributed by atoms with E-state index in [0.717, 1.165) is 4.90 Å². The van der Waals surface area contributed by atoms with Crippen molar-refractivity contribution in [1.82, 2.24) is 58.1 Å². The topological polar surface area (TPSA) is 636 Å².